The highest BCUT2D eigenvalue weighted by Crippen LogP contribution is 2.23. The van der Waals surface area contributed by atoms with Crippen LogP contribution >= 0.6 is 0 Å². The molecular formula is C16H19N3O. The standard InChI is InChI=1S/C16H19N3O/c17-16-10-15(18-19-16)13-6-8-14(9-7-13)20-11-12-4-2-1-3-5-12/h1-9,15-16,18-19H,10-11,17H2. The molecule has 0 saturated carbocycles. The van der Waals surface area contributed by atoms with E-state index < -0.39 is 0 Å². The van der Waals surface area contributed by atoms with Gasteiger partial charge in [0.25, 0.3) is 0 Å². The molecule has 2 aromatic rings. The van der Waals surface area contributed by atoms with Gasteiger partial charge in [-0.2, -0.15) is 0 Å². The van der Waals surface area contributed by atoms with E-state index in [1.807, 2.05) is 30.3 Å². The van der Waals surface area contributed by atoms with Crippen molar-refractivity contribution in [1.29, 1.82) is 0 Å². The van der Waals surface area contributed by atoms with Crippen LogP contribution in [0.1, 0.15) is 23.6 Å². The lowest BCUT2D eigenvalue weighted by Gasteiger charge is -2.11. The number of benzene rings is 2. The Morgan fingerprint density at radius 2 is 1.75 bits per heavy atom. The van der Waals surface area contributed by atoms with Gasteiger partial charge in [0.15, 0.2) is 0 Å². The van der Waals surface area contributed by atoms with Crippen LogP contribution in [0.5, 0.6) is 5.75 Å². The number of nitrogens with two attached hydrogens (primary N) is 1. The van der Waals surface area contributed by atoms with Crippen LogP contribution in [0.4, 0.5) is 0 Å². The van der Waals surface area contributed by atoms with E-state index in [0.717, 1.165) is 12.2 Å². The Kier molecular flexibility index (Phi) is 3.97. The summed E-state index contributed by atoms with van der Waals surface area (Å²) >= 11 is 0. The predicted molar refractivity (Wildman–Crippen MR) is 78.8 cm³/mol. The van der Waals surface area contributed by atoms with Gasteiger partial charge >= 0.3 is 0 Å². The van der Waals surface area contributed by atoms with Crippen LogP contribution in [0.15, 0.2) is 54.6 Å². The lowest BCUT2D eigenvalue weighted by molar-refractivity contribution is 0.306. The molecular weight excluding hydrogens is 250 g/mol. The first-order chi connectivity index (χ1) is 9.81. The smallest absolute Gasteiger partial charge is 0.119 e. The molecule has 1 fully saturated rings. The molecule has 4 heteroatoms. The zero-order valence-electron chi connectivity index (χ0n) is 11.3. The van der Waals surface area contributed by atoms with Gasteiger partial charge in [0.2, 0.25) is 0 Å². The molecule has 4 N–H and O–H groups in total. The summed E-state index contributed by atoms with van der Waals surface area (Å²) < 4.78 is 5.77. The van der Waals surface area contributed by atoms with Crippen molar-refractivity contribution in [2.75, 3.05) is 0 Å². The number of hydrogen-bond acceptors (Lipinski definition) is 4. The normalized spacial score (nSPS) is 21.9. The Morgan fingerprint density at radius 3 is 2.40 bits per heavy atom. The van der Waals surface area contributed by atoms with E-state index in [1.165, 1.54) is 11.1 Å². The summed E-state index contributed by atoms with van der Waals surface area (Å²) in [6, 6.07) is 18.6. The number of ether oxygens (including phenoxy) is 1. The summed E-state index contributed by atoms with van der Waals surface area (Å²) in [7, 11) is 0. The maximum Gasteiger partial charge on any atom is 0.119 e. The Labute approximate surface area is 118 Å². The molecule has 1 saturated heterocycles. The SMILES string of the molecule is NC1CC(c2ccc(OCc3ccccc3)cc2)NN1. The van der Waals surface area contributed by atoms with Crippen molar-refractivity contribution in [1.82, 2.24) is 10.9 Å². The topological polar surface area (TPSA) is 59.3 Å². The summed E-state index contributed by atoms with van der Waals surface area (Å²) in [5.41, 5.74) is 14.4. The minimum atomic E-state index is 0.0222. The van der Waals surface area contributed by atoms with Crippen LogP contribution in [0.3, 0.4) is 0 Å². The van der Waals surface area contributed by atoms with E-state index in [-0.39, 0.29) is 12.2 Å². The second-order valence-electron chi connectivity index (χ2n) is 5.03. The second kappa shape index (κ2) is 6.05. The van der Waals surface area contributed by atoms with E-state index in [9.17, 15) is 0 Å². The van der Waals surface area contributed by atoms with Crippen molar-refractivity contribution in [3.63, 3.8) is 0 Å². The van der Waals surface area contributed by atoms with E-state index in [4.69, 9.17) is 10.5 Å². The third kappa shape index (κ3) is 3.17. The first kappa shape index (κ1) is 13.1. The second-order valence-corrected chi connectivity index (χ2v) is 5.03. The zero-order valence-corrected chi connectivity index (χ0v) is 11.3. The van der Waals surface area contributed by atoms with Crippen molar-refractivity contribution in [3.8, 4) is 5.75 Å². The van der Waals surface area contributed by atoms with Crippen molar-refractivity contribution in [2.45, 2.75) is 25.2 Å². The molecule has 1 heterocycles. The van der Waals surface area contributed by atoms with E-state index >= 15 is 0 Å². The minimum absolute atomic E-state index is 0.0222. The zero-order chi connectivity index (χ0) is 13.8. The molecule has 4 nitrogen and oxygen atoms in total. The summed E-state index contributed by atoms with van der Waals surface area (Å²) in [6.45, 7) is 0.592. The van der Waals surface area contributed by atoms with Gasteiger partial charge in [-0.25, -0.2) is 10.9 Å². The summed E-state index contributed by atoms with van der Waals surface area (Å²) in [4.78, 5) is 0. The maximum absolute atomic E-state index is 5.81. The molecule has 2 aromatic carbocycles. The van der Waals surface area contributed by atoms with Gasteiger partial charge in [-0.3, -0.25) is 0 Å². The highest BCUT2D eigenvalue weighted by atomic mass is 16.5. The third-order valence-corrected chi connectivity index (χ3v) is 3.46. The van der Waals surface area contributed by atoms with Crippen LogP contribution in [0.2, 0.25) is 0 Å². The van der Waals surface area contributed by atoms with Crippen molar-refractivity contribution < 1.29 is 4.74 Å². The predicted octanol–water partition coefficient (Wildman–Crippen LogP) is 2.09. The molecule has 0 spiro atoms. The molecule has 2 unspecified atom stereocenters. The Bertz CT molecular complexity index is 541. The molecule has 104 valence electrons. The van der Waals surface area contributed by atoms with Gasteiger partial charge in [-0.15, -0.1) is 0 Å². The fraction of sp³-hybridized carbons (Fsp3) is 0.250. The molecule has 1 aliphatic heterocycles. The van der Waals surface area contributed by atoms with Gasteiger partial charge in [-0.05, 0) is 29.7 Å². The van der Waals surface area contributed by atoms with E-state index in [2.05, 4.69) is 35.1 Å². The molecule has 3 rings (SSSR count). The molecule has 20 heavy (non-hydrogen) atoms. The largest absolute Gasteiger partial charge is 0.489 e. The van der Waals surface area contributed by atoms with Crippen LogP contribution in [-0.2, 0) is 6.61 Å². The first-order valence-corrected chi connectivity index (χ1v) is 6.84. The average Bonchev–Trinajstić information content (AvgIpc) is 2.93. The van der Waals surface area contributed by atoms with Crippen LogP contribution < -0.4 is 21.3 Å². The van der Waals surface area contributed by atoms with Gasteiger partial charge in [-0.1, -0.05) is 42.5 Å². The number of hydrogen-bond donors (Lipinski definition) is 3. The van der Waals surface area contributed by atoms with Crippen molar-refractivity contribution >= 4 is 0 Å². The van der Waals surface area contributed by atoms with Crippen molar-refractivity contribution in [3.05, 3.63) is 65.7 Å². The van der Waals surface area contributed by atoms with Crippen LogP contribution in [-0.4, -0.2) is 6.17 Å². The maximum atomic E-state index is 5.81. The summed E-state index contributed by atoms with van der Waals surface area (Å²) in [5, 5.41) is 0. The van der Waals surface area contributed by atoms with Gasteiger partial charge < -0.3 is 10.5 Å². The quantitative estimate of drug-likeness (QED) is 0.795. The first-order valence-electron chi connectivity index (χ1n) is 6.84. The van der Waals surface area contributed by atoms with Crippen LogP contribution in [0.25, 0.3) is 0 Å². The fourth-order valence-electron chi connectivity index (χ4n) is 2.34. The fourth-order valence-corrected chi connectivity index (χ4v) is 2.34. The van der Waals surface area contributed by atoms with Crippen molar-refractivity contribution in [2.24, 2.45) is 5.73 Å². The highest BCUT2D eigenvalue weighted by molar-refractivity contribution is 5.30. The van der Waals surface area contributed by atoms with Gasteiger partial charge in [0.05, 0.1) is 6.17 Å². The monoisotopic (exact) mass is 269 g/mol. The van der Waals surface area contributed by atoms with Crippen LogP contribution in [0, 0.1) is 0 Å². The number of nitrogens with one attached hydrogen (secondary N) is 2. The number of rotatable bonds is 4. The van der Waals surface area contributed by atoms with Gasteiger partial charge in [0.1, 0.15) is 12.4 Å². The Morgan fingerprint density at radius 1 is 1.00 bits per heavy atom. The van der Waals surface area contributed by atoms with E-state index in [1.54, 1.807) is 0 Å². The molecule has 0 radical (unpaired) electrons. The van der Waals surface area contributed by atoms with E-state index in [0.29, 0.717) is 6.61 Å². The minimum Gasteiger partial charge on any atom is -0.489 e. The average molecular weight is 269 g/mol. The summed E-state index contributed by atoms with van der Waals surface area (Å²) in [6.07, 6.45) is 0.915. The molecule has 0 amide bonds. The molecule has 1 aliphatic rings. The molecule has 2 atom stereocenters. The lowest BCUT2D eigenvalue weighted by Crippen LogP contribution is -2.36. The molecule has 0 bridgehead atoms. The highest BCUT2D eigenvalue weighted by Gasteiger charge is 2.21. The Balaban J connectivity index is 1.59. The molecule has 0 aliphatic carbocycles. The summed E-state index contributed by atoms with van der Waals surface area (Å²) in [5.74, 6) is 0.882. The third-order valence-electron chi connectivity index (χ3n) is 3.46. The molecule has 0 aromatic heterocycles. The Hall–Kier alpha value is -1.88. The van der Waals surface area contributed by atoms with Gasteiger partial charge in [0, 0.05) is 6.04 Å². The number of hydrazine groups is 1. The lowest BCUT2D eigenvalue weighted by atomic mass is 10.0.